The number of aryl methyl sites for hydroxylation is 1. The van der Waals surface area contributed by atoms with E-state index in [4.69, 9.17) is 4.42 Å². The molecule has 1 aliphatic rings. The minimum absolute atomic E-state index is 0.00236. The number of aromatic nitrogens is 5. The minimum atomic E-state index is -4.66. The number of carbonyl (C=O) groups is 1. The van der Waals surface area contributed by atoms with Gasteiger partial charge in [-0.3, -0.25) is 4.79 Å². The van der Waals surface area contributed by atoms with Crippen molar-refractivity contribution in [1.82, 2.24) is 25.1 Å². The number of hydrogen-bond donors (Lipinski definition) is 2. The standard InChI is InChI=1S/C28H18F4N8O2/c1-14-33-11-16(12-34-14)19-10-17(28(30,31)32)13-35-23(19)26-39-40-27(42-26)38-24-25(41)37-22-18(8-5-9-20(22)29)21(36-24)15-6-3-2-4-7-15/h2-13,24H,1H3,(H,37,41)(H,38,40)/t24-/m1/s1. The van der Waals surface area contributed by atoms with Gasteiger partial charge in [-0.25, -0.2) is 24.3 Å². The van der Waals surface area contributed by atoms with Crippen LogP contribution in [0.2, 0.25) is 0 Å². The third-order valence-electron chi connectivity index (χ3n) is 6.27. The quantitative estimate of drug-likeness (QED) is 0.271. The highest BCUT2D eigenvalue weighted by atomic mass is 19.4. The van der Waals surface area contributed by atoms with Crippen molar-refractivity contribution in [1.29, 1.82) is 0 Å². The first-order valence-corrected chi connectivity index (χ1v) is 12.4. The summed E-state index contributed by atoms with van der Waals surface area (Å²) in [4.78, 5) is 29.7. The zero-order chi connectivity index (χ0) is 29.4. The lowest BCUT2D eigenvalue weighted by molar-refractivity contribution is -0.137. The van der Waals surface area contributed by atoms with E-state index in [1.54, 1.807) is 43.3 Å². The first kappa shape index (κ1) is 26.7. The number of para-hydroxylation sites is 1. The van der Waals surface area contributed by atoms with Crippen molar-refractivity contribution in [2.45, 2.75) is 19.3 Å². The van der Waals surface area contributed by atoms with Crippen molar-refractivity contribution in [3.8, 4) is 22.7 Å². The van der Waals surface area contributed by atoms with Gasteiger partial charge in [0.15, 0.2) is 0 Å². The maximum atomic E-state index is 14.7. The first-order valence-electron chi connectivity index (χ1n) is 12.4. The Labute approximate surface area is 234 Å². The van der Waals surface area contributed by atoms with Crippen molar-refractivity contribution in [3.05, 3.63) is 102 Å². The Hall–Kier alpha value is -5.53. The second-order valence-corrected chi connectivity index (χ2v) is 9.09. The van der Waals surface area contributed by atoms with E-state index in [1.165, 1.54) is 24.5 Å². The van der Waals surface area contributed by atoms with Crippen LogP contribution < -0.4 is 10.6 Å². The van der Waals surface area contributed by atoms with E-state index in [-0.39, 0.29) is 34.4 Å². The number of hydrogen-bond acceptors (Lipinski definition) is 9. The van der Waals surface area contributed by atoms with Crippen molar-refractivity contribution >= 4 is 23.3 Å². The molecule has 0 spiro atoms. The summed E-state index contributed by atoms with van der Waals surface area (Å²) in [5.41, 5.74) is 0.450. The fourth-order valence-corrected chi connectivity index (χ4v) is 4.26. The number of nitrogens with one attached hydrogen (secondary N) is 2. The fourth-order valence-electron chi connectivity index (χ4n) is 4.26. The van der Waals surface area contributed by atoms with E-state index >= 15 is 0 Å². The molecule has 0 aliphatic carbocycles. The van der Waals surface area contributed by atoms with E-state index in [0.717, 1.165) is 6.07 Å². The smallest absolute Gasteiger partial charge is 0.402 e. The second kappa shape index (κ2) is 10.5. The highest BCUT2D eigenvalue weighted by Crippen LogP contribution is 2.36. The normalized spacial score (nSPS) is 14.9. The van der Waals surface area contributed by atoms with Gasteiger partial charge in [-0.1, -0.05) is 47.6 Å². The van der Waals surface area contributed by atoms with Gasteiger partial charge >= 0.3 is 12.2 Å². The number of rotatable bonds is 5. The molecule has 0 radical (unpaired) electrons. The molecule has 1 amide bonds. The van der Waals surface area contributed by atoms with E-state index < -0.39 is 29.6 Å². The van der Waals surface area contributed by atoms with Gasteiger partial charge in [0, 0.05) is 40.8 Å². The molecule has 3 aromatic heterocycles. The third kappa shape index (κ3) is 5.16. The Balaban J connectivity index is 1.38. The topological polar surface area (TPSA) is 131 Å². The average molecular weight is 574 g/mol. The number of halogens is 4. The lowest BCUT2D eigenvalue weighted by Gasteiger charge is -2.12. The number of benzodiazepines with no additional fused rings is 1. The van der Waals surface area contributed by atoms with Crippen molar-refractivity contribution < 1.29 is 26.8 Å². The maximum absolute atomic E-state index is 14.7. The highest BCUT2D eigenvalue weighted by molar-refractivity contribution is 6.19. The Kier molecular flexibility index (Phi) is 6.65. The molecule has 10 nitrogen and oxygen atoms in total. The van der Waals surface area contributed by atoms with E-state index in [2.05, 4.69) is 40.8 Å². The molecule has 210 valence electrons. The summed E-state index contributed by atoms with van der Waals surface area (Å²) in [6, 6.07) is 13.8. The number of benzene rings is 2. The van der Waals surface area contributed by atoms with Crippen LogP contribution in [-0.2, 0) is 11.0 Å². The van der Waals surface area contributed by atoms with E-state index in [0.29, 0.717) is 28.9 Å². The van der Waals surface area contributed by atoms with Gasteiger partial charge in [0.05, 0.1) is 17.0 Å². The van der Waals surface area contributed by atoms with Gasteiger partial charge in [-0.15, -0.1) is 5.10 Å². The Bertz CT molecular complexity index is 1820. The van der Waals surface area contributed by atoms with E-state index in [9.17, 15) is 22.4 Å². The number of pyridine rings is 1. The Morgan fingerprint density at radius 3 is 2.40 bits per heavy atom. The molecule has 2 N–H and O–H groups in total. The lowest BCUT2D eigenvalue weighted by Crippen LogP contribution is -2.32. The van der Waals surface area contributed by atoms with Crippen LogP contribution in [0.15, 0.2) is 82.6 Å². The molecule has 42 heavy (non-hydrogen) atoms. The molecule has 0 saturated carbocycles. The number of carbonyl (C=O) groups excluding carboxylic acids is 1. The van der Waals surface area contributed by atoms with Gasteiger partial charge < -0.3 is 15.1 Å². The van der Waals surface area contributed by atoms with Crippen molar-refractivity contribution in [2.24, 2.45) is 4.99 Å². The Morgan fingerprint density at radius 2 is 1.67 bits per heavy atom. The van der Waals surface area contributed by atoms with Crippen LogP contribution in [0.3, 0.4) is 0 Å². The molecule has 1 aliphatic heterocycles. The molecule has 0 fully saturated rings. The SMILES string of the molecule is Cc1ncc(-c2cc(C(F)(F)F)cnc2-c2nnc(N[C@H]3N=C(c4ccccc4)c4cccc(F)c4NC3=O)o2)cn1. The minimum Gasteiger partial charge on any atom is -0.402 e. The molecular formula is C28H18F4N8O2. The lowest BCUT2D eigenvalue weighted by atomic mass is 10.0. The summed E-state index contributed by atoms with van der Waals surface area (Å²) < 4.78 is 60.9. The Morgan fingerprint density at radius 1 is 0.905 bits per heavy atom. The monoisotopic (exact) mass is 574 g/mol. The predicted molar refractivity (Wildman–Crippen MR) is 143 cm³/mol. The van der Waals surface area contributed by atoms with Crippen molar-refractivity contribution in [3.63, 3.8) is 0 Å². The molecule has 0 bridgehead atoms. The maximum Gasteiger partial charge on any atom is 0.417 e. The summed E-state index contributed by atoms with van der Waals surface area (Å²) in [6.45, 7) is 1.63. The number of alkyl halides is 3. The molecule has 6 rings (SSSR count). The number of anilines is 2. The van der Waals surface area contributed by atoms with E-state index in [1.807, 2.05) is 0 Å². The molecule has 0 saturated heterocycles. The predicted octanol–water partition coefficient (Wildman–Crippen LogP) is 5.28. The van der Waals surface area contributed by atoms with Crippen LogP contribution in [0.25, 0.3) is 22.7 Å². The van der Waals surface area contributed by atoms with Gasteiger partial charge in [0.25, 0.3) is 11.8 Å². The summed E-state index contributed by atoms with van der Waals surface area (Å²) in [5, 5.41) is 13.1. The molecule has 14 heteroatoms. The fraction of sp³-hybridized carbons (Fsp3) is 0.107. The van der Waals surface area contributed by atoms with Gasteiger partial charge in [0.1, 0.15) is 17.3 Å². The third-order valence-corrected chi connectivity index (χ3v) is 6.27. The average Bonchev–Trinajstić information content (AvgIpc) is 3.39. The number of aliphatic imine (C=N–C) groups is 1. The van der Waals surface area contributed by atoms with Crippen LogP contribution in [0, 0.1) is 12.7 Å². The second-order valence-electron chi connectivity index (χ2n) is 9.09. The van der Waals surface area contributed by atoms with Gasteiger partial charge in [0.2, 0.25) is 6.17 Å². The largest absolute Gasteiger partial charge is 0.417 e. The highest BCUT2D eigenvalue weighted by Gasteiger charge is 2.33. The molecule has 5 aromatic rings. The number of amides is 1. The van der Waals surface area contributed by atoms with Crippen LogP contribution in [-0.4, -0.2) is 42.9 Å². The van der Waals surface area contributed by atoms with Crippen molar-refractivity contribution in [2.75, 3.05) is 10.6 Å². The van der Waals surface area contributed by atoms with Crippen LogP contribution in [0.1, 0.15) is 22.5 Å². The van der Waals surface area contributed by atoms with Gasteiger partial charge in [-0.05, 0) is 19.1 Å². The van der Waals surface area contributed by atoms with Gasteiger partial charge in [-0.2, -0.15) is 13.2 Å². The summed E-state index contributed by atoms with van der Waals surface area (Å²) in [5.74, 6) is -1.18. The zero-order valence-corrected chi connectivity index (χ0v) is 21.5. The molecule has 2 aromatic carbocycles. The number of fused-ring (bicyclic) bond motifs is 1. The first-order chi connectivity index (χ1) is 20.2. The van der Waals surface area contributed by atoms with Crippen LogP contribution >= 0.6 is 0 Å². The summed E-state index contributed by atoms with van der Waals surface area (Å²) in [7, 11) is 0. The zero-order valence-electron chi connectivity index (χ0n) is 21.5. The molecule has 4 heterocycles. The summed E-state index contributed by atoms with van der Waals surface area (Å²) in [6.07, 6.45) is -2.65. The summed E-state index contributed by atoms with van der Waals surface area (Å²) >= 11 is 0. The van der Waals surface area contributed by atoms with Crippen LogP contribution in [0.4, 0.5) is 29.3 Å². The molecule has 0 unspecified atom stereocenters. The van der Waals surface area contributed by atoms with Crippen LogP contribution in [0.5, 0.6) is 0 Å². The molecular weight excluding hydrogens is 556 g/mol. The number of nitrogens with zero attached hydrogens (tertiary/aromatic N) is 6. The molecule has 1 atom stereocenters.